The summed E-state index contributed by atoms with van der Waals surface area (Å²) in [5, 5.41) is 0. The van der Waals surface area contributed by atoms with Crippen LogP contribution in [0.5, 0.6) is 11.6 Å². The van der Waals surface area contributed by atoms with Crippen LogP contribution in [-0.4, -0.2) is 32.8 Å². The van der Waals surface area contributed by atoms with Gasteiger partial charge in [0.1, 0.15) is 10.6 Å². The number of rotatable bonds is 5. The average Bonchev–Trinajstić information content (AvgIpc) is 2.60. The lowest BCUT2D eigenvalue weighted by atomic mass is 10.0. The zero-order valence-corrected chi connectivity index (χ0v) is 14.2. The molecule has 0 saturated heterocycles. The normalized spacial score (nSPS) is 17.3. The van der Waals surface area contributed by atoms with Crippen LogP contribution in [0.2, 0.25) is 0 Å². The highest BCUT2D eigenvalue weighted by Gasteiger charge is 2.29. The summed E-state index contributed by atoms with van der Waals surface area (Å²) in [5.74, 6) is 0.304. The van der Waals surface area contributed by atoms with Gasteiger partial charge in [0.2, 0.25) is 15.9 Å². The van der Waals surface area contributed by atoms with Crippen LogP contribution in [0, 0.1) is 0 Å². The van der Waals surface area contributed by atoms with Crippen molar-refractivity contribution >= 4 is 10.0 Å². The molecular weight excluding hydrogens is 373 g/mol. The molecule has 10 heteroatoms. The molecule has 1 atom stereocenters. The maximum Gasteiger partial charge on any atom is 0.422 e. The van der Waals surface area contributed by atoms with Crippen LogP contribution in [0.3, 0.4) is 0 Å². The second kappa shape index (κ2) is 7.12. The Balaban J connectivity index is 1.73. The fourth-order valence-corrected chi connectivity index (χ4v) is 3.68. The molecule has 3 rings (SSSR count). The lowest BCUT2D eigenvalue weighted by molar-refractivity contribution is -0.154. The molecule has 6 nitrogen and oxygen atoms in total. The molecule has 0 radical (unpaired) electrons. The fraction of sp³-hybridized carbons (Fsp3) is 0.312. The van der Waals surface area contributed by atoms with E-state index in [1.54, 1.807) is 24.3 Å². The van der Waals surface area contributed by atoms with Crippen molar-refractivity contribution in [2.75, 3.05) is 13.2 Å². The van der Waals surface area contributed by atoms with Gasteiger partial charge in [-0.2, -0.15) is 13.2 Å². The number of halogens is 3. The zero-order valence-electron chi connectivity index (χ0n) is 13.4. The Morgan fingerprint density at radius 1 is 1.23 bits per heavy atom. The van der Waals surface area contributed by atoms with Gasteiger partial charge in [-0.15, -0.1) is 0 Å². The zero-order chi connectivity index (χ0) is 18.8. The van der Waals surface area contributed by atoms with E-state index in [4.69, 9.17) is 4.74 Å². The highest BCUT2D eigenvalue weighted by molar-refractivity contribution is 7.89. The molecule has 0 bridgehead atoms. The van der Waals surface area contributed by atoms with Gasteiger partial charge in [-0.05, 0) is 12.1 Å². The summed E-state index contributed by atoms with van der Waals surface area (Å²) in [4.78, 5) is 3.45. The fourth-order valence-electron chi connectivity index (χ4n) is 2.49. The number of pyridine rings is 1. The Morgan fingerprint density at radius 3 is 2.69 bits per heavy atom. The van der Waals surface area contributed by atoms with E-state index in [1.165, 1.54) is 0 Å². The lowest BCUT2D eigenvalue weighted by Crippen LogP contribution is -2.32. The molecule has 1 aromatic heterocycles. The number of aromatic nitrogens is 1. The van der Waals surface area contributed by atoms with E-state index in [2.05, 4.69) is 14.4 Å². The van der Waals surface area contributed by atoms with E-state index in [0.29, 0.717) is 18.8 Å². The molecule has 2 heterocycles. The van der Waals surface area contributed by atoms with Crippen LogP contribution in [-0.2, 0) is 10.0 Å². The molecule has 0 spiro atoms. The minimum atomic E-state index is -4.50. The molecule has 26 heavy (non-hydrogen) atoms. The third-order valence-corrected chi connectivity index (χ3v) is 5.12. The molecule has 1 aliphatic heterocycles. The standard InChI is InChI=1S/C16H15F3N2O4S/c17-16(18,19)10-25-15-6-5-11(9-20-15)26(22,23)21-13-7-8-24-14-4-2-1-3-12(13)14/h1-6,9,13,21H,7-8,10H2. The van der Waals surface area contributed by atoms with Gasteiger partial charge in [0.25, 0.3) is 0 Å². The molecule has 0 saturated carbocycles. The largest absolute Gasteiger partial charge is 0.493 e. The molecule has 2 aromatic rings. The van der Waals surface area contributed by atoms with E-state index in [1.807, 2.05) is 0 Å². The first-order valence-corrected chi connectivity index (χ1v) is 9.12. The Bertz CT molecular complexity index is 870. The van der Waals surface area contributed by atoms with Crippen LogP contribution < -0.4 is 14.2 Å². The number of nitrogens with one attached hydrogen (secondary N) is 1. The second-order valence-electron chi connectivity index (χ2n) is 5.58. The van der Waals surface area contributed by atoms with Gasteiger partial charge in [0, 0.05) is 18.1 Å². The van der Waals surface area contributed by atoms with Gasteiger partial charge in [-0.3, -0.25) is 0 Å². The highest BCUT2D eigenvalue weighted by atomic mass is 32.2. The van der Waals surface area contributed by atoms with E-state index < -0.39 is 28.8 Å². The summed E-state index contributed by atoms with van der Waals surface area (Å²) in [6.45, 7) is -1.13. The third kappa shape index (κ3) is 4.44. The van der Waals surface area contributed by atoms with Crippen LogP contribution in [0.25, 0.3) is 0 Å². The summed E-state index contributed by atoms with van der Waals surface area (Å²) in [6.07, 6.45) is -3.08. The Morgan fingerprint density at radius 2 is 2.00 bits per heavy atom. The van der Waals surface area contributed by atoms with Gasteiger partial charge in [0.15, 0.2) is 6.61 Å². The molecule has 1 unspecified atom stereocenters. The highest BCUT2D eigenvalue weighted by Crippen LogP contribution is 2.32. The van der Waals surface area contributed by atoms with Crippen molar-refractivity contribution in [2.24, 2.45) is 0 Å². The molecule has 1 aromatic carbocycles. The molecular formula is C16H15F3N2O4S. The summed E-state index contributed by atoms with van der Waals surface area (Å²) < 4.78 is 73.9. The van der Waals surface area contributed by atoms with Gasteiger partial charge < -0.3 is 9.47 Å². The summed E-state index contributed by atoms with van der Waals surface area (Å²) in [5.41, 5.74) is 0.723. The van der Waals surface area contributed by atoms with Gasteiger partial charge >= 0.3 is 6.18 Å². The van der Waals surface area contributed by atoms with Gasteiger partial charge in [-0.1, -0.05) is 18.2 Å². The second-order valence-corrected chi connectivity index (χ2v) is 7.30. The SMILES string of the molecule is O=S(=O)(NC1CCOc2ccccc21)c1ccc(OCC(F)(F)F)nc1. The Labute approximate surface area is 148 Å². The van der Waals surface area contributed by atoms with E-state index in [0.717, 1.165) is 23.9 Å². The number of para-hydroxylation sites is 1. The average molecular weight is 388 g/mol. The number of sulfonamides is 1. The number of benzene rings is 1. The smallest absolute Gasteiger partial charge is 0.422 e. The van der Waals surface area contributed by atoms with Crippen LogP contribution in [0.15, 0.2) is 47.5 Å². The topological polar surface area (TPSA) is 77.5 Å². The van der Waals surface area contributed by atoms with Crippen molar-refractivity contribution in [3.63, 3.8) is 0 Å². The minimum absolute atomic E-state index is 0.166. The summed E-state index contributed by atoms with van der Waals surface area (Å²) >= 11 is 0. The van der Waals surface area contributed by atoms with Gasteiger partial charge in [-0.25, -0.2) is 18.1 Å². The molecule has 0 aliphatic carbocycles. The van der Waals surface area contributed by atoms with E-state index >= 15 is 0 Å². The first-order valence-electron chi connectivity index (χ1n) is 7.64. The van der Waals surface area contributed by atoms with Crippen molar-refractivity contribution in [1.82, 2.24) is 9.71 Å². The van der Waals surface area contributed by atoms with Crippen molar-refractivity contribution < 1.29 is 31.1 Å². The van der Waals surface area contributed by atoms with Crippen molar-refractivity contribution in [3.05, 3.63) is 48.2 Å². The summed E-state index contributed by atoms with van der Waals surface area (Å²) in [7, 11) is -3.91. The number of nitrogens with zero attached hydrogens (tertiary/aromatic N) is 1. The van der Waals surface area contributed by atoms with E-state index in [9.17, 15) is 21.6 Å². The maximum atomic E-state index is 12.5. The first-order chi connectivity index (χ1) is 12.2. The monoisotopic (exact) mass is 388 g/mol. The Hall–Kier alpha value is -2.33. The van der Waals surface area contributed by atoms with Gasteiger partial charge in [0.05, 0.1) is 18.8 Å². The lowest BCUT2D eigenvalue weighted by Gasteiger charge is -2.26. The number of hydrogen-bond donors (Lipinski definition) is 1. The predicted molar refractivity (Wildman–Crippen MR) is 85.4 cm³/mol. The maximum absolute atomic E-state index is 12.5. The first kappa shape index (κ1) is 18.5. The number of fused-ring (bicyclic) bond motifs is 1. The predicted octanol–water partition coefficient (Wildman–Crippen LogP) is 2.82. The van der Waals surface area contributed by atoms with Crippen molar-refractivity contribution in [2.45, 2.75) is 23.5 Å². The van der Waals surface area contributed by atoms with Crippen molar-refractivity contribution in [1.29, 1.82) is 0 Å². The quantitative estimate of drug-likeness (QED) is 0.852. The van der Waals surface area contributed by atoms with Crippen LogP contribution in [0.4, 0.5) is 13.2 Å². The summed E-state index contributed by atoms with van der Waals surface area (Å²) in [6, 6.07) is 8.86. The van der Waals surface area contributed by atoms with E-state index in [-0.39, 0.29) is 10.8 Å². The molecule has 1 N–H and O–H groups in total. The Kier molecular flexibility index (Phi) is 5.05. The number of ether oxygens (including phenoxy) is 2. The molecule has 0 amide bonds. The molecule has 140 valence electrons. The van der Waals surface area contributed by atoms with Crippen molar-refractivity contribution in [3.8, 4) is 11.6 Å². The minimum Gasteiger partial charge on any atom is -0.493 e. The number of hydrogen-bond acceptors (Lipinski definition) is 5. The molecule has 1 aliphatic rings. The third-order valence-electron chi connectivity index (χ3n) is 3.66. The molecule has 0 fully saturated rings. The van der Waals surface area contributed by atoms with Crippen LogP contribution >= 0.6 is 0 Å². The number of alkyl halides is 3. The van der Waals surface area contributed by atoms with Crippen LogP contribution in [0.1, 0.15) is 18.0 Å².